The number of thiophene rings is 1. The summed E-state index contributed by atoms with van der Waals surface area (Å²) in [5.74, 6) is 0. The first kappa shape index (κ1) is 33.3. The minimum Gasteiger partial charge on any atom is -0.317 e. The fourth-order valence-corrected chi connectivity index (χ4v) is 6.49. The van der Waals surface area contributed by atoms with Crippen molar-refractivity contribution in [1.29, 1.82) is 0 Å². The van der Waals surface area contributed by atoms with Gasteiger partial charge in [0, 0.05) is 37.2 Å². The smallest absolute Gasteiger partial charge is 0.0515 e. The van der Waals surface area contributed by atoms with E-state index in [4.69, 9.17) is 0 Å². The molecule has 0 saturated carbocycles. The molecule has 4 aromatic heterocycles. The number of aryl methyl sites for hydroxylation is 3. The van der Waals surface area contributed by atoms with E-state index in [0.717, 1.165) is 29.1 Å². The Labute approximate surface area is 290 Å². The predicted molar refractivity (Wildman–Crippen MR) is 191 cm³/mol. The number of aromatic nitrogens is 3. The molecule has 0 amide bonds. The molecular weight excluding hydrogens is 759 g/mol. The van der Waals surface area contributed by atoms with Gasteiger partial charge in [0.05, 0.1) is 4.70 Å². The summed E-state index contributed by atoms with van der Waals surface area (Å²) >= 11 is 1.77. The van der Waals surface area contributed by atoms with Crippen LogP contribution in [0.4, 0.5) is 0 Å². The molecule has 0 bridgehead atoms. The normalized spacial score (nSPS) is 11.2. The molecule has 233 valence electrons. The summed E-state index contributed by atoms with van der Waals surface area (Å²) < 4.78 is 2.50. The van der Waals surface area contributed by atoms with Gasteiger partial charge < -0.3 is 9.97 Å². The summed E-state index contributed by atoms with van der Waals surface area (Å²) in [6, 6.07) is 36.2. The van der Waals surface area contributed by atoms with Crippen molar-refractivity contribution in [2.75, 3.05) is 0 Å². The zero-order chi connectivity index (χ0) is 31.6. The zero-order valence-electron chi connectivity index (χ0n) is 27.1. The zero-order valence-corrected chi connectivity index (χ0v) is 30.3. The van der Waals surface area contributed by atoms with Crippen LogP contribution >= 0.6 is 11.3 Å². The quantitative estimate of drug-likeness (QED) is 0.167. The topological polar surface area (TPSA) is 38.7 Å². The van der Waals surface area contributed by atoms with Crippen LogP contribution in [-0.2, 0) is 26.5 Å². The molecule has 4 heterocycles. The van der Waals surface area contributed by atoms with Gasteiger partial charge in [0.25, 0.3) is 0 Å². The van der Waals surface area contributed by atoms with E-state index in [1.807, 2.05) is 24.5 Å². The van der Waals surface area contributed by atoms with Crippen LogP contribution in [-0.4, -0.2) is 15.0 Å². The summed E-state index contributed by atoms with van der Waals surface area (Å²) in [5, 5.41) is 2.52. The van der Waals surface area contributed by atoms with Gasteiger partial charge in [0.2, 0.25) is 0 Å². The summed E-state index contributed by atoms with van der Waals surface area (Å²) in [6.45, 7) is 13.2. The van der Waals surface area contributed by atoms with Gasteiger partial charge in [-0.05, 0) is 82.5 Å². The Hall–Kier alpha value is -4.02. The third-order valence-electron chi connectivity index (χ3n) is 7.92. The van der Waals surface area contributed by atoms with E-state index in [1.165, 1.54) is 53.6 Å². The van der Waals surface area contributed by atoms with Crippen molar-refractivity contribution in [1.82, 2.24) is 15.0 Å². The van der Waals surface area contributed by atoms with Crippen molar-refractivity contribution in [2.45, 2.75) is 48.0 Å². The monoisotopic (exact) mass is 796 g/mol. The minimum absolute atomic E-state index is 0. The Bertz CT molecular complexity index is 2090. The molecule has 46 heavy (non-hydrogen) atoms. The van der Waals surface area contributed by atoms with Gasteiger partial charge in [0.1, 0.15) is 0 Å². The van der Waals surface area contributed by atoms with Gasteiger partial charge in [-0.3, -0.25) is 4.98 Å². The molecule has 3 aromatic carbocycles. The Balaban J connectivity index is 0.000000185. The summed E-state index contributed by atoms with van der Waals surface area (Å²) in [4.78, 5) is 13.4. The fraction of sp³-hybridized carbons (Fsp3) is 0.195. The second kappa shape index (κ2) is 14.2. The molecule has 0 fully saturated rings. The van der Waals surface area contributed by atoms with Gasteiger partial charge in [-0.15, -0.1) is 46.7 Å². The molecule has 0 spiro atoms. The standard InChI is InChI=1S/C25H28N.C16H9N2S.Ir/c1-17-7-10-22(24-13-18(2)19(3)16-26-24)14-23(17)21-11-8-20(9-12-21)15-25(4,5)6;1-2-7-15-11(5-1)12-9-14(18-10-16(12)19-15)13-6-3-4-8-17-13;/h7-9,11-14,16H,15H2,1-6H3;1-5,7-10H;/q2*-1;. The van der Waals surface area contributed by atoms with Gasteiger partial charge in [-0.2, -0.15) is 12.1 Å². The van der Waals surface area contributed by atoms with Crippen molar-refractivity contribution in [3.8, 4) is 33.8 Å². The van der Waals surface area contributed by atoms with E-state index in [1.54, 1.807) is 17.5 Å². The fourth-order valence-electron chi connectivity index (χ4n) is 5.43. The van der Waals surface area contributed by atoms with Crippen LogP contribution in [0.15, 0.2) is 104 Å². The van der Waals surface area contributed by atoms with Gasteiger partial charge in [-0.1, -0.05) is 93.4 Å². The van der Waals surface area contributed by atoms with Crippen LogP contribution in [0.5, 0.6) is 0 Å². The van der Waals surface area contributed by atoms with Crippen molar-refractivity contribution < 1.29 is 20.1 Å². The molecule has 0 atom stereocenters. The second-order valence-electron chi connectivity index (χ2n) is 12.8. The van der Waals surface area contributed by atoms with Crippen LogP contribution < -0.4 is 0 Å². The van der Waals surface area contributed by atoms with Gasteiger partial charge in [0.15, 0.2) is 0 Å². The Morgan fingerprint density at radius 2 is 1.46 bits per heavy atom. The van der Waals surface area contributed by atoms with E-state index in [9.17, 15) is 0 Å². The largest absolute Gasteiger partial charge is 0.317 e. The minimum atomic E-state index is 0. The number of hydrogen-bond acceptors (Lipinski definition) is 4. The van der Waals surface area contributed by atoms with E-state index in [0.29, 0.717) is 5.41 Å². The van der Waals surface area contributed by atoms with Crippen LogP contribution in [0.1, 0.15) is 43.0 Å². The maximum atomic E-state index is 4.60. The molecular formula is C41H37IrN3S-2. The Kier molecular flexibility index (Phi) is 10.3. The maximum Gasteiger partial charge on any atom is 0.0515 e. The molecule has 7 aromatic rings. The summed E-state index contributed by atoms with van der Waals surface area (Å²) in [7, 11) is 0. The Morgan fingerprint density at radius 3 is 2.17 bits per heavy atom. The molecule has 5 heteroatoms. The second-order valence-corrected chi connectivity index (χ2v) is 13.9. The molecule has 0 aliphatic rings. The number of rotatable bonds is 4. The molecule has 0 N–H and O–H groups in total. The third kappa shape index (κ3) is 7.67. The molecule has 0 aliphatic carbocycles. The molecule has 3 nitrogen and oxygen atoms in total. The molecule has 7 rings (SSSR count). The van der Waals surface area contributed by atoms with Gasteiger partial charge in [-0.25, -0.2) is 0 Å². The summed E-state index contributed by atoms with van der Waals surface area (Å²) in [6.07, 6.45) is 6.73. The SMILES string of the molecule is Cc1cnc(-c2[c-]cc(C)c(-c3ccc(CC(C)(C)C)cc3)c2)cc1C.[Ir].[c-]1cccnc1-c1cc2c(cn1)sc1ccccc12. The molecule has 0 aliphatic heterocycles. The molecule has 0 saturated heterocycles. The van der Waals surface area contributed by atoms with Crippen molar-refractivity contribution >= 4 is 31.5 Å². The van der Waals surface area contributed by atoms with Gasteiger partial charge >= 0.3 is 0 Å². The predicted octanol–water partition coefficient (Wildman–Crippen LogP) is 11.0. The van der Waals surface area contributed by atoms with Crippen molar-refractivity contribution in [2.24, 2.45) is 5.41 Å². The van der Waals surface area contributed by atoms with E-state index in [-0.39, 0.29) is 20.1 Å². The van der Waals surface area contributed by atoms with E-state index in [2.05, 4.69) is 141 Å². The van der Waals surface area contributed by atoms with Crippen molar-refractivity contribution in [3.05, 3.63) is 138 Å². The van der Waals surface area contributed by atoms with Crippen molar-refractivity contribution in [3.63, 3.8) is 0 Å². The van der Waals surface area contributed by atoms with Crippen LogP contribution in [0.3, 0.4) is 0 Å². The van der Waals surface area contributed by atoms with Crippen LogP contribution in [0.25, 0.3) is 53.9 Å². The maximum absolute atomic E-state index is 4.60. The van der Waals surface area contributed by atoms with Crippen LogP contribution in [0, 0.1) is 38.3 Å². The van der Waals surface area contributed by atoms with Crippen LogP contribution in [0.2, 0.25) is 0 Å². The average molecular weight is 796 g/mol. The summed E-state index contributed by atoms with van der Waals surface area (Å²) in [5.41, 5.74) is 11.6. The first-order valence-corrected chi connectivity index (χ1v) is 16.1. The molecule has 1 radical (unpaired) electrons. The van der Waals surface area contributed by atoms with E-state index >= 15 is 0 Å². The first-order valence-electron chi connectivity index (χ1n) is 15.3. The number of hydrogen-bond donors (Lipinski definition) is 0. The average Bonchev–Trinajstić information content (AvgIpc) is 3.41. The number of benzene rings is 3. The molecule has 0 unspecified atom stereocenters. The number of nitrogens with zero attached hydrogens (tertiary/aromatic N) is 3. The first-order chi connectivity index (χ1) is 21.6. The Morgan fingerprint density at radius 1 is 0.696 bits per heavy atom. The van der Waals surface area contributed by atoms with E-state index < -0.39 is 0 Å². The number of pyridine rings is 3. The third-order valence-corrected chi connectivity index (χ3v) is 9.04. The number of fused-ring (bicyclic) bond motifs is 3.